The molecule has 0 aliphatic rings. The average molecular weight is 645 g/mol. The second-order valence-corrected chi connectivity index (χ2v) is 10.7. The van der Waals surface area contributed by atoms with Crippen molar-refractivity contribution in [2.75, 3.05) is 12.4 Å². The summed E-state index contributed by atoms with van der Waals surface area (Å²) in [5.74, 6) is -2.05. The van der Waals surface area contributed by atoms with Crippen molar-refractivity contribution in [2.24, 2.45) is 0 Å². The summed E-state index contributed by atoms with van der Waals surface area (Å²) < 4.78 is 74.2. The first kappa shape index (κ1) is 33.1. The molecule has 0 unspecified atom stereocenters. The predicted molar refractivity (Wildman–Crippen MR) is 135 cm³/mol. The molecule has 2 N–H and O–H groups in total. The number of nitro groups is 2. The van der Waals surface area contributed by atoms with Crippen molar-refractivity contribution in [1.82, 2.24) is 15.0 Å². The summed E-state index contributed by atoms with van der Waals surface area (Å²) >= 11 is 0. The number of hydrogen-bond donors (Lipinski definition) is 2. The van der Waals surface area contributed by atoms with E-state index in [0.717, 1.165) is 13.2 Å². The predicted octanol–water partition coefficient (Wildman–Crippen LogP) is -2.22. The molecule has 0 radical (unpaired) electrons. The molecule has 0 fully saturated rings. The van der Waals surface area contributed by atoms with Crippen molar-refractivity contribution in [2.45, 2.75) is 9.79 Å². The summed E-state index contributed by atoms with van der Waals surface area (Å²) in [6, 6.07) is 11.2. The van der Waals surface area contributed by atoms with Gasteiger partial charge in [0.25, 0.3) is 11.4 Å². The molecule has 0 aliphatic heterocycles. The van der Waals surface area contributed by atoms with Crippen LogP contribution in [0.4, 0.5) is 17.1 Å². The topological polar surface area (TPSA) is 271 Å². The molecule has 0 atom stereocenters. The Kier molecular flexibility index (Phi) is 9.60. The monoisotopic (exact) mass is 644 g/mol. The molecular weight excluding hydrogens is 629 g/mol. The second kappa shape index (κ2) is 12.5. The Hall–Kier alpha value is -4.38. The summed E-state index contributed by atoms with van der Waals surface area (Å²) in [5.41, 5.74) is -2.80. The van der Waals surface area contributed by atoms with Gasteiger partial charge in [-0.1, -0.05) is 18.2 Å². The Morgan fingerprint density at radius 1 is 0.977 bits per heavy atom. The Labute approximate surface area is 262 Å². The zero-order valence-electron chi connectivity index (χ0n) is 21.7. The second-order valence-electron chi connectivity index (χ2n) is 8.01. The number of rotatable bonds is 9. The summed E-state index contributed by atoms with van der Waals surface area (Å²) in [6.45, 7) is 0. The third kappa shape index (κ3) is 6.99. The van der Waals surface area contributed by atoms with Gasteiger partial charge in [0, 0.05) is 27.7 Å². The van der Waals surface area contributed by atoms with Gasteiger partial charge in [0.05, 0.1) is 28.1 Å². The van der Waals surface area contributed by atoms with E-state index < -0.39 is 80.1 Å². The minimum absolute atomic E-state index is 0. The number of nitro benzene ring substituents is 2. The summed E-state index contributed by atoms with van der Waals surface area (Å²) in [7, 11) is -9.65. The van der Waals surface area contributed by atoms with Crippen molar-refractivity contribution in [3.05, 3.63) is 86.7 Å². The quantitative estimate of drug-likeness (QED) is 0.0642. The molecule has 0 saturated carbocycles. The molecular formula is C21H15N7NaO12S2+. The van der Waals surface area contributed by atoms with E-state index in [9.17, 15) is 51.0 Å². The van der Waals surface area contributed by atoms with Crippen molar-refractivity contribution < 1.29 is 79.7 Å². The number of amides is 1. The van der Waals surface area contributed by atoms with E-state index in [1.165, 1.54) is 12.1 Å². The number of nitrogens with one attached hydrogen (secondary N) is 1. The van der Waals surface area contributed by atoms with Gasteiger partial charge in [-0.3, -0.25) is 29.6 Å². The Morgan fingerprint density at radius 3 is 2.14 bits per heavy atom. The number of methoxy groups -OCH3 is 1. The first-order valence-electron chi connectivity index (χ1n) is 11.0. The van der Waals surface area contributed by atoms with Crippen LogP contribution >= 0.6 is 0 Å². The number of benzene rings is 3. The molecule has 4 aromatic rings. The number of anilines is 1. The summed E-state index contributed by atoms with van der Waals surface area (Å²) in [6.07, 6.45) is 0. The molecule has 3 aromatic carbocycles. The fraction of sp³-hybridized carbons (Fsp3) is 0.0476. The van der Waals surface area contributed by atoms with Gasteiger partial charge in [0.15, 0.2) is 10.6 Å². The molecule has 4 rings (SSSR count). The SMILES string of the molecule is COc1cc([N+](=O)[O-])c(S(=O)(=O)O)cc1-[n+]1nc(C(=O)Nc2ccccc2)nn1-c1ccc([N+](=O)[O-])c(S(=O)(=O)[O-])c1.[Na+]. The molecule has 218 valence electrons. The van der Waals surface area contributed by atoms with Gasteiger partial charge in [-0.25, -0.2) is 8.42 Å². The Morgan fingerprint density at radius 2 is 1.60 bits per heavy atom. The number of tetrazole rings is 1. The third-order valence-electron chi connectivity index (χ3n) is 5.38. The number of carbonyl (C=O) groups excluding carboxylic acids is 1. The van der Waals surface area contributed by atoms with Crippen LogP contribution in [0.15, 0.2) is 70.5 Å². The maximum atomic E-state index is 13.0. The van der Waals surface area contributed by atoms with Crippen LogP contribution in [0, 0.1) is 20.2 Å². The fourth-order valence-electron chi connectivity index (χ4n) is 3.59. The average Bonchev–Trinajstić information content (AvgIpc) is 3.37. The molecule has 0 saturated heterocycles. The van der Waals surface area contributed by atoms with Crippen LogP contribution in [-0.4, -0.2) is 63.8 Å². The van der Waals surface area contributed by atoms with Crippen LogP contribution < -0.4 is 44.4 Å². The van der Waals surface area contributed by atoms with Crippen LogP contribution in [0.2, 0.25) is 0 Å². The summed E-state index contributed by atoms with van der Waals surface area (Å²) in [4.78, 5) is 32.3. The molecule has 0 spiro atoms. The molecule has 1 heterocycles. The number of para-hydroxylation sites is 1. The number of ether oxygens (including phenoxy) is 1. The maximum absolute atomic E-state index is 13.0. The van der Waals surface area contributed by atoms with Gasteiger partial charge in [0.2, 0.25) is 5.69 Å². The van der Waals surface area contributed by atoms with Crippen molar-refractivity contribution in [3.63, 3.8) is 0 Å². The van der Waals surface area contributed by atoms with Gasteiger partial charge in [-0.15, -0.1) is 0 Å². The number of nitrogens with zero attached hydrogens (tertiary/aromatic N) is 6. The number of hydrogen-bond acceptors (Lipinski definition) is 13. The van der Waals surface area contributed by atoms with Gasteiger partial charge in [0.1, 0.15) is 20.7 Å². The van der Waals surface area contributed by atoms with Gasteiger partial charge < -0.3 is 14.6 Å². The van der Waals surface area contributed by atoms with E-state index in [1.807, 2.05) is 0 Å². The molecule has 22 heteroatoms. The van der Waals surface area contributed by atoms with E-state index in [1.54, 1.807) is 18.2 Å². The summed E-state index contributed by atoms with van der Waals surface area (Å²) in [5, 5.41) is 33.2. The minimum atomic E-state index is -5.44. The molecule has 0 bridgehead atoms. The first-order valence-corrected chi connectivity index (χ1v) is 13.8. The Bertz CT molecular complexity index is 1980. The fourth-order valence-corrected chi connectivity index (χ4v) is 4.91. The zero-order valence-corrected chi connectivity index (χ0v) is 25.3. The largest absolute Gasteiger partial charge is 1.00 e. The van der Waals surface area contributed by atoms with E-state index in [-0.39, 0.29) is 29.6 Å². The Balaban J connectivity index is 0.00000506. The van der Waals surface area contributed by atoms with Crippen LogP contribution in [-0.2, 0) is 20.2 Å². The van der Waals surface area contributed by atoms with Gasteiger partial charge >= 0.3 is 51.4 Å². The number of carbonyl (C=O) groups is 1. The smallest absolute Gasteiger partial charge is 0.744 e. The number of aromatic nitrogens is 4. The van der Waals surface area contributed by atoms with Crippen molar-refractivity contribution >= 4 is 43.2 Å². The molecule has 19 nitrogen and oxygen atoms in total. The normalized spacial score (nSPS) is 11.3. The van der Waals surface area contributed by atoms with Crippen molar-refractivity contribution in [3.8, 4) is 17.1 Å². The van der Waals surface area contributed by atoms with E-state index in [4.69, 9.17) is 4.74 Å². The van der Waals surface area contributed by atoms with E-state index in [0.29, 0.717) is 39.5 Å². The molecule has 1 amide bonds. The van der Waals surface area contributed by atoms with E-state index >= 15 is 0 Å². The standard InChI is InChI=1S/C21H15N7O12S2.Na/c1-40-17-10-16(28(32)33)19(42(37,38)39)11-15(17)26-24-20(21(29)22-12-5-3-2-4-6-12)23-25(26)13-7-8-14(27(30)31)18(9-13)41(34,35)36;/h2-11H,1H3,(H2-,22,29,34,35,36,37,38,39);/q;+1. The van der Waals surface area contributed by atoms with Gasteiger partial charge in [-0.05, 0) is 29.1 Å². The van der Waals surface area contributed by atoms with Crippen LogP contribution in [0.1, 0.15) is 10.6 Å². The van der Waals surface area contributed by atoms with Crippen LogP contribution in [0.3, 0.4) is 0 Å². The maximum Gasteiger partial charge on any atom is 1.00 e. The minimum Gasteiger partial charge on any atom is -0.744 e. The molecule has 43 heavy (non-hydrogen) atoms. The molecule has 0 aliphatic carbocycles. The molecule has 1 aromatic heterocycles. The first-order chi connectivity index (χ1) is 19.6. The van der Waals surface area contributed by atoms with Crippen molar-refractivity contribution in [1.29, 1.82) is 0 Å². The third-order valence-corrected chi connectivity index (χ3v) is 7.13. The zero-order chi connectivity index (χ0) is 31.0. The van der Waals surface area contributed by atoms with Gasteiger partial charge in [-0.2, -0.15) is 8.42 Å². The van der Waals surface area contributed by atoms with Crippen LogP contribution in [0.25, 0.3) is 11.4 Å². The van der Waals surface area contributed by atoms with Crippen LogP contribution in [0.5, 0.6) is 5.75 Å². The van der Waals surface area contributed by atoms with E-state index in [2.05, 4.69) is 15.5 Å².